The van der Waals surface area contributed by atoms with Crippen LogP contribution in [0, 0.1) is 6.92 Å². The number of nitrogens with zero attached hydrogens (tertiary/aromatic N) is 2. The summed E-state index contributed by atoms with van der Waals surface area (Å²) in [7, 11) is 1.94. The van der Waals surface area contributed by atoms with Gasteiger partial charge in [0.25, 0.3) is 5.91 Å². The minimum atomic E-state index is -0.219. The maximum Gasteiger partial charge on any atom is 0.279 e. The van der Waals surface area contributed by atoms with Crippen LogP contribution >= 0.6 is 11.3 Å². The Labute approximate surface area is 155 Å². The number of rotatable bonds is 2. The van der Waals surface area contributed by atoms with Crippen LogP contribution in [0.5, 0.6) is 0 Å². The number of thiazole rings is 1. The van der Waals surface area contributed by atoms with Crippen molar-refractivity contribution in [2.75, 3.05) is 0 Å². The molecule has 1 amide bonds. The molecule has 26 heavy (non-hydrogen) atoms. The highest BCUT2D eigenvalue weighted by atomic mass is 32.1. The predicted molar refractivity (Wildman–Crippen MR) is 107 cm³/mol. The average molecular weight is 358 g/mol. The Kier molecular flexibility index (Phi) is 4.27. The van der Waals surface area contributed by atoms with Gasteiger partial charge in [-0.15, -0.1) is 0 Å². The zero-order chi connectivity index (χ0) is 18.1. The van der Waals surface area contributed by atoms with E-state index in [1.165, 1.54) is 16.9 Å². The quantitative estimate of drug-likeness (QED) is 0.499. The lowest BCUT2D eigenvalue weighted by molar-refractivity contribution is 0.0998. The second-order valence-electron chi connectivity index (χ2n) is 6.28. The summed E-state index contributed by atoms with van der Waals surface area (Å²) in [5.74, 6) is -0.219. The van der Waals surface area contributed by atoms with E-state index in [9.17, 15) is 4.79 Å². The Hall–Kier alpha value is -2.98. The summed E-state index contributed by atoms with van der Waals surface area (Å²) in [6.07, 6.45) is 0. The SMILES string of the molecule is Cc1ccc2c(c1)sc(=NC(=O)c1ccc(-c3ccccc3)cc1)n2C. The normalized spacial score (nSPS) is 11.8. The smallest absolute Gasteiger partial charge is 0.279 e. The van der Waals surface area contributed by atoms with Gasteiger partial charge in [-0.1, -0.05) is 59.9 Å². The van der Waals surface area contributed by atoms with Gasteiger partial charge in [0.05, 0.1) is 10.2 Å². The van der Waals surface area contributed by atoms with E-state index in [4.69, 9.17) is 0 Å². The number of aryl methyl sites for hydroxylation is 2. The van der Waals surface area contributed by atoms with Gasteiger partial charge in [0.1, 0.15) is 0 Å². The summed E-state index contributed by atoms with van der Waals surface area (Å²) in [5, 5.41) is 0. The van der Waals surface area contributed by atoms with Gasteiger partial charge in [-0.05, 0) is 47.9 Å². The van der Waals surface area contributed by atoms with Gasteiger partial charge in [0, 0.05) is 12.6 Å². The molecule has 1 aromatic heterocycles. The standard InChI is InChI=1S/C22H18N2OS/c1-15-8-13-19-20(14-15)26-22(24(19)2)23-21(25)18-11-9-17(10-12-18)16-6-4-3-5-7-16/h3-14H,1-2H3. The molecule has 0 unspecified atom stereocenters. The molecule has 128 valence electrons. The number of carbonyl (C=O) groups is 1. The molecule has 4 heteroatoms. The Morgan fingerprint density at radius 3 is 2.35 bits per heavy atom. The van der Waals surface area contributed by atoms with Crippen molar-refractivity contribution >= 4 is 27.5 Å². The molecular weight excluding hydrogens is 340 g/mol. The van der Waals surface area contributed by atoms with Crippen LogP contribution < -0.4 is 4.80 Å². The molecule has 4 aromatic rings. The number of hydrogen-bond donors (Lipinski definition) is 0. The highest BCUT2D eigenvalue weighted by Gasteiger charge is 2.08. The molecule has 0 aliphatic heterocycles. The van der Waals surface area contributed by atoms with Crippen molar-refractivity contribution in [1.29, 1.82) is 0 Å². The Morgan fingerprint density at radius 2 is 1.62 bits per heavy atom. The molecule has 3 aromatic carbocycles. The highest BCUT2D eigenvalue weighted by Crippen LogP contribution is 2.20. The molecule has 0 aliphatic rings. The van der Waals surface area contributed by atoms with Crippen LogP contribution in [-0.4, -0.2) is 10.5 Å². The Balaban J connectivity index is 1.68. The first-order chi connectivity index (χ1) is 12.6. The third-order valence-electron chi connectivity index (χ3n) is 4.40. The molecule has 0 bridgehead atoms. The molecule has 4 rings (SSSR count). The molecule has 3 nitrogen and oxygen atoms in total. The summed E-state index contributed by atoms with van der Waals surface area (Å²) in [6, 6.07) is 24.0. The molecule has 0 radical (unpaired) electrons. The number of amides is 1. The molecule has 0 fully saturated rings. The number of benzene rings is 3. The maximum atomic E-state index is 12.6. The van der Waals surface area contributed by atoms with Crippen LogP contribution in [0.25, 0.3) is 21.3 Å². The first-order valence-corrected chi connectivity index (χ1v) is 9.24. The summed E-state index contributed by atoms with van der Waals surface area (Å²) >= 11 is 1.54. The lowest BCUT2D eigenvalue weighted by Crippen LogP contribution is -2.13. The second kappa shape index (κ2) is 6.73. The van der Waals surface area contributed by atoms with E-state index in [0.29, 0.717) is 10.4 Å². The van der Waals surface area contributed by atoms with Crippen LogP contribution in [0.3, 0.4) is 0 Å². The minimum absolute atomic E-state index is 0.219. The molecule has 0 aliphatic carbocycles. The van der Waals surface area contributed by atoms with Crippen molar-refractivity contribution in [2.45, 2.75) is 6.92 Å². The number of hydrogen-bond acceptors (Lipinski definition) is 2. The van der Waals surface area contributed by atoms with E-state index in [1.807, 2.05) is 54.1 Å². The second-order valence-corrected chi connectivity index (χ2v) is 7.28. The van der Waals surface area contributed by atoms with Crippen molar-refractivity contribution in [2.24, 2.45) is 12.0 Å². The zero-order valence-electron chi connectivity index (χ0n) is 14.6. The third-order valence-corrected chi connectivity index (χ3v) is 5.50. The van der Waals surface area contributed by atoms with Crippen LogP contribution in [0.1, 0.15) is 15.9 Å². The number of aromatic nitrogens is 1. The maximum absolute atomic E-state index is 12.6. The fraction of sp³-hybridized carbons (Fsp3) is 0.0909. The highest BCUT2D eigenvalue weighted by molar-refractivity contribution is 7.16. The summed E-state index contributed by atoms with van der Waals surface area (Å²) < 4.78 is 3.11. The third kappa shape index (κ3) is 3.11. The monoisotopic (exact) mass is 358 g/mol. The number of fused-ring (bicyclic) bond motifs is 1. The van der Waals surface area contributed by atoms with Crippen LogP contribution in [0.2, 0.25) is 0 Å². The number of carbonyl (C=O) groups excluding carboxylic acids is 1. The van der Waals surface area contributed by atoms with E-state index >= 15 is 0 Å². The summed E-state index contributed by atoms with van der Waals surface area (Å²) in [6.45, 7) is 2.06. The average Bonchev–Trinajstić information content (AvgIpc) is 2.97. The Bertz CT molecular complexity index is 1150. The Morgan fingerprint density at radius 1 is 0.923 bits per heavy atom. The van der Waals surface area contributed by atoms with Crippen molar-refractivity contribution in [3.05, 3.63) is 88.7 Å². The van der Waals surface area contributed by atoms with Crippen molar-refractivity contribution < 1.29 is 4.79 Å². The van der Waals surface area contributed by atoms with Gasteiger partial charge < -0.3 is 4.57 Å². The fourth-order valence-corrected chi connectivity index (χ4v) is 4.05. The van der Waals surface area contributed by atoms with Gasteiger partial charge >= 0.3 is 0 Å². The van der Waals surface area contributed by atoms with Crippen molar-refractivity contribution in [1.82, 2.24) is 4.57 Å². The van der Waals surface area contributed by atoms with E-state index in [-0.39, 0.29) is 5.91 Å². The van der Waals surface area contributed by atoms with E-state index in [1.54, 1.807) is 0 Å². The zero-order valence-corrected chi connectivity index (χ0v) is 15.5. The first kappa shape index (κ1) is 16.5. The molecule has 0 N–H and O–H groups in total. The van der Waals surface area contributed by atoms with Gasteiger partial charge in [0.2, 0.25) is 0 Å². The van der Waals surface area contributed by atoms with E-state index in [2.05, 4.69) is 42.2 Å². The van der Waals surface area contributed by atoms with Crippen LogP contribution in [0.4, 0.5) is 0 Å². The van der Waals surface area contributed by atoms with Gasteiger partial charge in [-0.25, -0.2) is 0 Å². The molecule has 0 spiro atoms. The van der Waals surface area contributed by atoms with E-state index in [0.717, 1.165) is 21.3 Å². The lowest BCUT2D eigenvalue weighted by Gasteiger charge is -2.02. The van der Waals surface area contributed by atoms with Crippen LogP contribution in [-0.2, 0) is 7.05 Å². The van der Waals surface area contributed by atoms with E-state index < -0.39 is 0 Å². The minimum Gasteiger partial charge on any atom is -0.319 e. The van der Waals surface area contributed by atoms with Crippen LogP contribution in [0.15, 0.2) is 77.8 Å². The summed E-state index contributed by atoms with van der Waals surface area (Å²) in [5.41, 5.74) is 5.11. The first-order valence-electron chi connectivity index (χ1n) is 8.42. The molecule has 0 saturated heterocycles. The topological polar surface area (TPSA) is 34.4 Å². The van der Waals surface area contributed by atoms with Crippen molar-refractivity contribution in [3.8, 4) is 11.1 Å². The molecule has 0 saturated carbocycles. The van der Waals surface area contributed by atoms with Gasteiger partial charge in [0.15, 0.2) is 4.80 Å². The predicted octanol–water partition coefficient (Wildman–Crippen LogP) is 4.96. The fourth-order valence-electron chi connectivity index (χ4n) is 2.94. The molecular formula is C22H18N2OS. The van der Waals surface area contributed by atoms with Gasteiger partial charge in [-0.2, -0.15) is 4.99 Å². The van der Waals surface area contributed by atoms with Crippen molar-refractivity contribution in [3.63, 3.8) is 0 Å². The largest absolute Gasteiger partial charge is 0.319 e. The van der Waals surface area contributed by atoms with Gasteiger partial charge in [-0.3, -0.25) is 4.79 Å². The molecule has 0 atom stereocenters. The lowest BCUT2D eigenvalue weighted by atomic mass is 10.0. The summed E-state index contributed by atoms with van der Waals surface area (Å²) in [4.78, 5) is 17.6. The molecule has 1 heterocycles.